The van der Waals surface area contributed by atoms with Crippen molar-refractivity contribution in [3.8, 4) is 0 Å². The van der Waals surface area contributed by atoms with Crippen molar-refractivity contribution in [2.75, 3.05) is 13.1 Å². The van der Waals surface area contributed by atoms with Gasteiger partial charge in [0.15, 0.2) is 5.17 Å². The van der Waals surface area contributed by atoms with Crippen molar-refractivity contribution in [3.63, 3.8) is 0 Å². The third-order valence-electron chi connectivity index (χ3n) is 3.94. The van der Waals surface area contributed by atoms with Crippen molar-refractivity contribution in [2.24, 2.45) is 16.6 Å². The maximum absolute atomic E-state index is 12.1. The molecule has 0 saturated carbocycles. The molecule has 2 aliphatic rings. The highest BCUT2D eigenvalue weighted by Gasteiger charge is 2.30. The standard InChI is InChI=1S/C15H17N3O2S2/c1-9-4-7-21-11(9)8-12-14(20)17-15(22-12)18-5-2-10(3-6-18)13(16)19/h4,7-8,10H,2-3,5-6H2,1H3,(H2,16,19)/b12-8+. The molecule has 5 nitrogen and oxygen atoms in total. The normalized spacial score (nSPS) is 21.5. The van der Waals surface area contributed by atoms with E-state index in [9.17, 15) is 9.59 Å². The number of nitrogens with two attached hydrogens (primary N) is 1. The number of carbonyl (C=O) groups excluding carboxylic acids is 2. The Morgan fingerprint density at radius 2 is 2.18 bits per heavy atom. The molecule has 1 fully saturated rings. The van der Waals surface area contributed by atoms with Gasteiger partial charge in [0, 0.05) is 23.9 Å². The van der Waals surface area contributed by atoms with Crippen LogP contribution in [0.5, 0.6) is 0 Å². The van der Waals surface area contributed by atoms with Crippen molar-refractivity contribution in [2.45, 2.75) is 19.8 Å². The molecular formula is C15H17N3O2S2. The summed E-state index contributed by atoms with van der Waals surface area (Å²) >= 11 is 3.04. The Hall–Kier alpha value is -1.60. The van der Waals surface area contributed by atoms with Crippen LogP contribution in [0.3, 0.4) is 0 Å². The number of aliphatic imine (C=N–C) groups is 1. The molecule has 116 valence electrons. The Balaban J connectivity index is 1.67. The molecule has 0 unspecified atom stereocenters. The summed E-state index contributed by atoms with van der Waals surface area (Å²) in [5.41, 5.74) is 6.51. The molecule has 0 atom stereocenters. The van der Waals surface area contributed by atoms with Crippen LogP contribution >= 0.6 is 23.1 Å². The lowest BCUT2D eigenvalue weighted by atomic mass is 9.97. The van der Waals surface area contributed by atoms with Crippen molar-refractivity contribution in [3.05, 3.63) is 26.8 Å². The molecule has 2 aliphatic heterocycles. The average molecular weight is 335 g/mol. The molecule has 2 N–H and O–H groups in total. The van der Waals surface area contributed by atoms with Crippen LogP contribution in [0.25, 0.3) is 6.08 Å². The van der Waals surface area contributed by atoms with Crippen LogP contribution in [0.15, 0.2) is 21.3 Å². The van der Waals surface area contributed by atoms with Gasteiger partial charge in [-0.25, -0.2) is 0 Å². The van der Waals surface area contributed by atoms with Crippen molar-refractivity contribution in [1.29, 1.82) is 0 Å². The van der Waals surface area contributed by atoms with Gasteiger partial charge in [-0.3, -0.25) is 9.59 Å². The molecular weight excluding hydrogens is 318 g/mol. The van der Waals surface area contributed by atoms with E-state index in [1.54, 1.807) is 11.3 Å². The Labute approximate surface area is 137 Å². The van der Waals surface area contributed by atoms with Gasteiger partial charge >= 0.3 is 0 Å². The van der Waals surface area contributed by atoms with Crippen molar-refractivity contribution >= 4 is 46.2 Å². The molecule has 22 heavy (non-hydrogen) atoms. The fourth-order valence-corrected chi connectivity index (χ4v) is 4.42. The average Bonchev–Trinajstić information content (AvgIpc) is 3.07. The van der Waals surface area contributed by atoms with Gasteiger partial charge in [0.05, 0.1) is 4.91 Å². The number of aryl methyl sites for hydroxylation is 1. The Kier molecular flexibility index (Phi) is 4.35. The van der Waals surface area contributed by atoms with E-state index in [0.29, 0.717) is 4.91 Å². The molecule has 0 bridgehead atoms. The summed E-state index contributed by atoms with van der Waals surface area (Å²) in [6.45, 7) is 3.47. The molecule has 0 aliphatic carbocycles. The Bertz CT molecular complexity index is 670. The van der Waals surface area contributed by atoms with E-state index >= 15 is 0 Å². The summed E-state index contributed by atoms with van der Waals surface area (Å²) in [5.74, 6) is -0.460. The topological polar surface area (TPSA) is 75.8 Å². The molecule has 1 aromatic heterocycles. The molecule has 0 radical (unpaired) electrons. The minimum Gasteiger partial charge on any atom is -0.369 e. The monoisotopic (exact) mass is 335 g/mol. The minimum absolute atomic E-state index is 0.0530. The molecule has 1 saturated heterocycles. The number of primary amides is 1. The largest absolute Gasteiger partial charge is 0.369 e. The van der Waals surface area contributed by atoms with Crippen LogP contribution in [0.1, 0.15) is 23.3 Å². The van der Waals surface area contributed by atoms with Gasteiger partial charge in [-0.05, 0) is 54.6 Å². The number of likely N-dealkylation sites (tertiary alicyclic amines) is 1. The molecule has 0 spiro atoms. The first-order valence-electron chi connectivity index (χ1n) is 7.15. The Morgan fingerprint density at radius 1 is 1.45 bits per heavy atom. The third kappa shape index (κ3) is 3.10. The van der Waals surface area contributed by atoms with E-state index < -0.39 is 0 Å². The zero-order chi connectivity index (χ0) is 15.7. The van der Waals surface area contributed by atoms with Gasteiger partial charge in [-0.2, -0.15) is 4.99 Å². The lowest BCUT2D eigenvalue weighted by molar-refractivity contribution is -0.123. The highest BCUT2D eigenvalue weighted by molar-refractivity contribution is 8.18. The maximum atomic E-state index is 12.1. The van der Waals surface area contributed by atoms with Crippen LogP contribution in [0.2, 0.25) is 0 Å². The molecule has 1 aromatic rings. The highest BCUT2D eigenvalue weighted by Crippen LogP contribution is 2.33. The van der Waals surface area contributed by atoms with Gasteiger partial charge in [0.1, 0.15) is 0 Å². The van der Waals surface area contributed by atoms with E-state index in [-0.39, 0.29) is 17.7 Å². The number of amidine groups is 1. The second-order valence-corrected chi connectivity index (χ2v) is 7.40. The van der Waals surface area contributed by atoms with Crippen molar-refractivity contribution < 1.29 is 9.59 Å². The van der Waals surface area contributed by atoms with Gasteiger partial charge in [0.2, 0.25) is 5.91 Å². The lowest BCUT2D eigenvalue weighted by Crippen LogP contribution is -2.40. The molecule has 2 amide bonds. The number of thioether (sulfide) groups is 1. The number of hydrogen-bond donors (Lipinski definition) is 1. The van der Waals surface area contributed by atoms with Crippen LogP contribution in [0.4, 0.5) is 0 Å². The van der Waals surface area contributed by atoms with Gasteiger partial charge in [0.25, 0.3) is 5.91 Å². The number of carbonyl (C=O) groups is 2. The zero-order valence-corrected chi connectivity index (χ0v) is 13.9. The Morgan fingerprint density at radius 3 is 2.77 bits per heavy atom. The summed E-state index contributed by atoms with van der Waals surface area (Å²) < 4.78 is 0. The number of hydrogen-bond acceptors (Lipinski definition) is 5. The van der Waals surface area contributed by atoms with E-state index in [2.05, 4.69) is 9.89 Å². The summed E-state index contributed by atoms with van der Waals surface area (Å²) in [7, 11) is 0. The number of nitrogens with zero attached hydrogens (tertiary/aromatic N) is 2. The first-order valence-corrected chi connectivity index (χ1v) is 8.85. The fraction of sp³-hybridized carbons (Fsp3) is 0.400. The van der Waals surface area contributed by atoms with E-state index in [0.717, 1.165) is 36.0 Å². The van der Waals surface area contributed by atoms with E-state index in [4.69, 9.17) is 5.73 Å². The number of rotatable bonds is 2. The molecule has 0 aromatic carbocycles. The van der Waals surface area contributed by atoms with Gasteiger partial charge in [-0.15, -0.1) is 11.3 Å². The van der Waals surface area contributed by atoms with Gasteiger partial charge < -0.3 is 10.6 Å². The SMILES string of the molecule is Cc1ccsc1/C=C1/SC(N2CCC(C(N)=O)CC2)=NC1=O. The fourth-order valence-electron chi connectivity index (χ4n) is 2.54. The van der Waals surface area contributed by atoms with Crippen LogP contribution in [0, 0.1) is 12.8 Å². The summed E-state index contributed by atoms with van der Waals surface area (Å²) in [4.78, 5) is 31.3. The maximum Gasteiger partial charge on any atom is 0.286 e. The van der Waals surface area contributed by atoms with Crippen LogP contribution in [-0.2, 0) is 9.59 Å². The van der Waals surface area contributed by atoms with E-state index in [1.165, 1.54) is 17.3 Å². The first-order chi connectivity index (χ1) is 10.5. The first kappa shape index (κ1) is 15.3. The van der Waals surface area contributed by atoms with Crippen LogP contribution < -0.4 is 5.73 Å². The second kappa shape index (κ2) is 6.26. The third-order valence-corrected chi connectivity index (χ3v) is 5.95. The summed E-state index contributed by atoms with van der Waals surface area (Å²) in [5, 5.41) is 2.76. The molecule has 3 heterocycles. The minimum atomic E-state index is -0.231. The molecule has 3 rings (SSSR count). The van der Waals surface area contributed by atoms with Crippen molar-refractivity contribution in [1.82, 2.24) is 4.90 Å². The molecule has 7 heteroatoms. The number of piperidine rings is 1. The second-order valence-electron chi connectivity index (χ2n) is 5.44. The van der Waals surface area contributed by atoms with Gasteiger partial charge in [-0.1, -0.05) is 0 Å². The van der Waals surface area contributed by atoms with E-state index in [1.807, 2.05) is 24.4 Å². The predicted molar refractivity (Wildman–Crippen MR) is 90.6 cm³/mol. The van der Waals surface area contributed by atoms with Crippen LogP contribution in [-0.4, -0.2) is 35.0 Å². The number of amides is 2. The zero-order valence-electron chi connectivity index (χ0n) is 12.2. The smallest absolute Gasteiger partial charge is 0.286 e. The highest BCUT2D eigenvalue weighted by atomic mass is 32.2. The lowest BCUT2D eigenvalue weighted by Gasteiger charge is -2.31. The summed E-state index contributed by atoms with van der Waals surface area (Å²) in [6.07, 6.45) is 3.37. The summed E-state index contributed by atoms with van der Waals surface area (Å²) in [6, 6.07) is 2.04. The number of thiophene rings is 1. The quantitative estimate of drug-likeness (QED) is 0.841. The predicted octanol–water partition coefficient (Wildman–Crippen LogP) is 2.22.